The first-order valence-electron chi connectivity index (χ1n) is 11.3. The van der Waals surface area contributed by atoms with Crippen LogP contribution in [0.15, 0.2) is 18.2 Å². The molecule has 0 amide bonds. The highest BCUT2D eigenvalue weighted by Gasteiger charge is 2.73. The number of benzene rings is 1. The number of aryl methyl sites for hydroxylation is 1. The zero-order valence-corrected chi connectivity index (χ0v) is 19.6. The lowest BCUT2D eigenvalue weighted by Crippen LogP contribution is -2.75. The molecule has 4 bridgehead atoms. The minimum atomic E-state index is -2.38. The molecule has 3 saturated heterocycles. The van der Waals surface area contributed by atoms with Crippen LogP contribution in [-0.4, -0.2) is 60.1 Å². The van der Waals surface area contributed by atoms with Gasteiger partial charge < -0.3 is 35.4 Å². The average molecular weight is 491 g/mol. The molecule has 3 aliphatic heterocycles. The Bertz CT molecular complexity index is 1130. The van der Waals surface area contributed by atoms with Crippen molar-refractivity contribution in [2.24, 2.45) is 0 Å². The van der Waals surface area contributed by atoms with Gasteiger partial charge >= 0.3 is 5.97 Å². The summed E-state index contributed by atoms with van der Waals surface area (Å²) in [5, 5.41) is 64.1. The van der Waals surface area contributed by atoms with Gasteiger partial charge in [0.25, 0.3) is 0 Å². The molecule has 190 valence electrons. The first kappa shape index (κ1) is 24.2. The Morgan fingerprint density at radius 2 is 1.60 bits per heavy atom. The number of aromatic nitrogens is 1. The Morgan fingerprint density at radius 1 is 1.03 bits per heavy atom. The second-order valence-electron chi connectivity index (χ2n) is 9.79. The van der Waals surface area contributed by atoms with Gasteiger partial charge in [-0.2, -0.15) is 0 Å². The highest BCUT2D eigenvalue weighted by Crippen LogP contribution is 2.62. The summed E-state index contributed by atoms with van der Waals surface area (Å²) in [7, 11) is 1.45. The van der Waals surface area contributed by atoms with Gasteiger partial charge in [-0.1, -0.05) is 13.0 Å². The van der Waals surface area contributed by atoms with E-state index in [-0.39, 0.29) is 47.8 Å². The largest absolute Gasteiger partial charge is 0.505 e. The van der Waals surface area contributed by atoms with Crippen LogP contribution in [0.2, 0.25) is 0 Å². The standard InChI is InChI=1S/C24H29NO10/c1-12(6-14-4-5-16(27)17(7-14)32-3)19-15(8-26)18(20(28)13(2)25-19)24-33-21(29)9-22(30,34-24)11-23(31,10-21)35-24/h4-5,7,12,26-31H,6,8-11H2,1-3H3. The summed E-state index contributed by atoms with van der Waals surface area (Å²) in [6.07, 6.45) is -0.538. The Hall–Kier alpha value is -2.51. The maximum absolute atomic E-state index is 11.0. The predicted octanol–water partition coefficient (Wildman–Crippen LogP) is 1.09. The molecule has 1 saturated carbocycles. The van der Waals surface area contributed by atoms with Crippen molar-refractivity contribution in [2.45, 2.75) is 75.4 Å². The van der Waals surface area contributed by atoms with E-state index < -0.39 is 35.7 Å². The lowest BCUT2D eigenvalue weighted by molar-refractivity contribution is -0.637. The fourth-order valence-corrected chi connectivity index (χ4v) is 5.61. The van der Waals surface area contributed by atoms with Gasteiger partial charge in [-0.25, -0.2) is 0 Å². The number of hydrogen-bond acceptors (Lipinski definition) is 11. The van der Waals surface area contributed by atoms with Crippen molar-refractivity contribution in [3.8, 4) is 17.2 Å². The molecule has 0 spiro atoms. The maximum atomic E-state index is 11.0. The SMILES string of the molecule is COc1cc(CC(C)c2nc(C)c(O)c(C34OC5(O)CC(O)(CC(O)(C5)O3)O4)c2CO)ccc1O. The van der Waals surface area contributed by atoms with Crippen molar-refractivity contribution >= 4 is 0 Å². The van der Waals surface area contributed by atoms with Crippen LogP contribution in [-0.2, 0) is 33.2 Å². The molecule has 4 aliphatic rings. The van der Waals surface area contributed by atoms with E-state index in [4.69, 9.17) is 18.9 Å². The van der Waals surface area contributed by atoms with E-state index in [2.05, 4.69) is 4.98 Å². The van der Waals surface area contributed by atoms with Crippen LogP contribution in [0, 0.1) is 6.92 Å². The highest BCUT2D eigenvalue weighted by atomic mass is 17.0. The molecular weight excluding hydrogens is 462 g/mol. The van der Waals surface area contributed by atoms with Crippen LogP contribution in [0.25, 0.3) is 0 Å². The number of aliphatic hydroxyl groups is 4. The lowest BCUT2D eigenvalue weighted by atomic mass is 9.80. The quantitative estimate of drug-likeness (QED) is 0.342. The molecule has 1 aliphatic carbocycles. The monoisotopic (exact) mass is 491 g/mol. The molecule has 11 heteroatoms. The number of phenols is 1. The molecule has 1 atom stereocenters. The first-order chi connectivity index (χ1) is 16.3. The van der Waals surface area contributed by atoms with E-state index in [0.717, 1.165) is 5.56 Å². The van der Waals surface area contributed by atoms with Gasteiger partial charge in [-0.3, -0.25) is 19.2 Å². The summed E-state index contributed by atoms with van der Waals surface area (Å²) in [4.78, 5) is 4.50. The number of methoxy groups -OCH3 is 1. The zero-order chi connectivity index (χ0) is 25.4. The number of phenolic OH excluding ortho intramolecular Hbond substituents is 1. The second kappa shape index (κ2) is 7.74. The molecular formula is C24H29NO10. The van der Waals surface area contributed by atoms with Crippen molar-refractivity contribution in [3.05, 3.63) is 46.3 Å². The molecule has 1 aromatic heterocycles. The molecule has 4 fully saturated rings. The van der Waals surface area contributed by atoms with Crippen LogP contribution in [0.5, 0.6) is 17.2 Å². The number of aromatic hydroxyl groups is 2. The molecule has 0 radical (unpaired) electrons. The lowest BCUT2D eigenvalue weighted by Gasteiger charge is -2.63. The summed E-state index contributed by atoms with van der Waals surface area (Å²) in [5.74, 6) is -8.76. The summed E-state index contributed by atoms with van der Waals surface area (Å²) >= 11 is 0. The smallest absolute Gasteiger partial charge is 0.323 e. The molecule has 35 heavy (non-hydrogen) atoms. The van der Waals surface area contributed by atoms with Gasteiger partial charge in [0.1, 0.15) is 5.75 Å². The topological polar surface area (TPSA) is 171 Å². The van der Waals surface area contributed by atoms with E-state index in [1.165, 1.54) is 13.2 Å². The second-order valence-corrected chi connectivity index (χ2v) is 9.79. The Labute approximate surface area is 201 Å². The third-order valence-electron chi connectivity index (χ3n) is 6.83. The predicted molar refractivity (Wildman–Crippen MR) is 117 cm³/mol. The van der Waals surface area contributed by atoms with Crippen LogP contribution in [0.1, 0.15) is 60.2 Å². The van der Waals surface area contributed by atoms with Gasteiger partial charge in [0, 0.05) is 11.5 Å². The van der Waals surface area contributed by atoms with Crippen molar-refractivity contribution in [1.29, 1.82) is 0 Å². The third kappa shape index (κ3) is 3.84. The van der Waals surface area contributed by atoms with Crippen LogP contribution < -0.4 is 4.74 Å². The molecule has 11 nitrogen and oxygen atoms in total. The van der Waals surface area contributed by atoms with E-state index in [1.54, 1.807) is 19.1 Å². The van der Waals surface area contributed by atoms with E-state index in [1.807, 2.05) is 6.92 Å². The number of ether oxygens (including phenoxy) is 4. The van der Waals surface area contributed by atoms with Crippen LogP contribution >= 0.6 is 0 Å². The molecule has 1 unspecified atom stereocenters. The van der Waals surface area contributed by atoms with Crippen molar-refractivity contribution < 1.29 is 49.6 Å². The zero-order valence-electron chi connectivity index (χ0n) is 19.6. The third-order valence-corrected chi connectivity index (χ3v) is 6.83. The minimum Gasteiger partial charge on any atom is -0.505 e. The van der Waals surface area contributed by atoms with Crippen molar-refractivity contribution in [1.82, 2.24) is 4.98 Å². The molecule has 6 rings (SSSR count). The number of aliphatic hydroxyl groups excluding tert-OH is 1. The van der Waals surface area contributed by atoms with Gasteiger partial charge in [-0.05, 0) is 31.0 Å². The number of nitrogens with zero attached hydrogens (tertiary/aromatic N) is 1. The Morgan fingerprint density at radius 3 is 2.11 bits per heavy atom. The number of pyridine rings is 1. The van der Waals surface area contributed by atoms with Crippen molar-refractivity contribution in [3.63, 3.8) is 0 Å². The van der Waals surface area contributed by atoms with Gasteiger partial charge in [0.2, 0.25) is 0 Å². The Kier molecular flexibility index (Phi) is 5.35. The molecule has 4 heterocycles. The maximum Gasteiger partial charge on any atom is 0.323 e. The van der Waals surface area contributed by atoms with Crippen LogP contribution in [0.4, 0.5) is 0 Å². The van der Waals surface area contributed by atoms with E-state index in [0.29, 0.717) is 17.9 Å². The van der Waals surface area contributed by atoms with Gasteiger partial charge in [0.15, 0.2) is 28.9 Å². The highest BCUT2D eigenvalue weighted by molar-refractivity contribution is 5.48. The van der Waals surface area contributed by atoms with Gasteiger partial charge in [0.05, 0.1) is 49.9 Å². The normalized spacial score (nSPS) is 34.3. The first-order valence-corrected chi connectivity index (χ1v) is 11.3. The fraction of sp³-hybridized carbons (Fsp3) is 0.542. The Balaban J connectivity index is 1.61. The van der Waals surface area contributed by atoms with Gasteiger partial charge in [-0.15, -0.1) is 0 Å². The molecule has 2 aromatic rings. The summed E-state index contributed by atoms with van der Waals surface area (Å²) in [6.45, 7) is 2.79. The van der Waals surface area contributed by atoms with E-state index in [9.17, 15) is 30.6 Å². The summed E-state index contributed by atoms with van der Waals surface area (Å²) in [6, 6.07) is 4.94. The minimum absolute atomic E-state index is 0.00269. The fourth-order valence-electron chi connectivity index (χ4n) is 5.61. The number of hydrogen-bond donors (Lipinski definition) is 6. The summed E-state index contributed by atoms with van der Waals surface area (Å²) < 4.78 is 22.4. The molecule has 1 aromatic carbocycles. The summed E-state index contributed by atoms with van der Waals surface area (Å²) in [5.41, 5.74) is 1.32. The average Bonchev–Trinajstić information content (AvgIpc) is 2.72. The number of rotatable bonds is 6. The van der Waals surface area contributed by atoms with Crippen molar-refractivity contribution in [2.75, 3.05) is 7.11 Å². The van der Waals surface area contributed by atoms with E-state index >= 15 is 0 Å². The van der Waals surface area contributed by atoms with Crippen LogP contribution in [0.3, 0.4) is 0 Å². The molecule has 6 N–H and O–H groups in total.